The number of likely N-dealkylation sites (tertiary alicyclic amines) is 2. The fourth-order valence-electron chi connectivity index (χ4n) is 10.9. The molecule has 0 unspecified atom stereocenters. The van der Waals surface area contributed by atoms with Crippen molar-refractivity contribution in [3.8, 4) is 17.2 Å². The number of hydrogen-bond acceptors (Lipinski definition) is 15. The highest BCUT2D eigenvalue weighted by molar-refractivity contribution is 6.21. The first-order chi connectivity index (χ1) is 34.1. The Morgan fingerprint density at radius 3 is 2.26 bits per heavy atom. The normalized spacial score (nSPS) is 30.7. The lowest BCUT2D eigenvalue weighted by Crippen LogP contribution is -2.51. The number of ketones is 1. The van der Waals surface area contributed by atoms with Crippen molar-refractivity contribution in [3.63, 3.8) is 0 Å². The van der Waals surface area contributed by atoms with Gasteiger partial charge in [0.15, 0.2) is 5.75 Å². The van der Waals surface area contributed by atoms with Crippen LogP contribution in [0.2, 0.25) is 0 Å². The third-order valence-electron chi connectivity index (χ3n) is 15.4. The number of hydrogen-bond donors (Lipinski definition) is 5. The number of aliphatic hydroxyl groups is 2. The van der Waals surface area contributed by atoms with E-state index in [9.17, 15) is 39.6 Å². The van der Waals surface area contributed by atoms with Gasteiger partial charge < -0.3 is 59.1 Å². The number of phenols is 2. The van der Waals surface area contributed by atoms with Crippen LogP contribution in [0.1, 0.15) is 96.6 Å². The fraction of sp³-hybridized carbons (Fsp3) is 0.556. The summed E-state index contributed by atoms with van der Waals surface area (Å²) in [5, 5.41) is 51.3. The number of ether oxygens (including phenoxy) is 4. The number of methoxy groups -OCH3 is 1. The number of Topliss-reactive ketones (excluding diaryl/α,β-unsaturated/α-hetero) is 1. The summed E-state index contributed by atoms with van der Waals surface area (Å²) in [7, 11) is 1.44. The molecule has 2 amide bonds. The molecule has 18 heteroatoms. The summed E-state index contributed by atoms with van der Waals surface area (Å²) in [6.07, 6.45) is 7.74. The number of nitrogens with one attached hydrogen (secondary N) is 1. The molecule has 72 heavy (non-hydrogen) atoms. The largest absolute Gasteiger partial charge is 0.507 e. The maximum absolute atomic E-state index is 14.9. The topological polar surface area (TPSA) is 234 Å². The maximum Gasteiger partial charge on any atom is 0.315 e. The van der Waals surface area contributed by atoms with Crippen molar-refractivity contribution in [2.75, 3.05) is 45.2 Å². The van der Waals surface area contributed by atoms with E-state index in [-0.39, 0.29) is 50.0 Å². The average molecular weight is 995 g/mol. The molecule has 5 N–H and O–H groups in total. The molecule has 0 aliphatic carbocycles. The summed E-state index contributed by atoms with van der Waals surface area (Å²) in [4.78, 5) is 69.5. The van der Waals surface area contributed by atoms with Crippen molar-refractivity contribution >= 4 is 40.0 Å². The predicted molar refractivity (Wildman–Crippen MR) is 267 cm³/mol. The van der Waals surface area contributed by atoms with Gasteiger partial charge in [-0.05, 0) is 38.0 Å². The highest BCUT2D eigenvalue weighted by Crippen LogP contribution is 2.51. The molecule has 2 saturated heterocycles. The first kappa shape index (κ1) is 52.2. The molecule has 7 heterocycles. The molecule has 0 saturated carbocycles. The van der Waals surface area contributed by atoms with Crippen molar-refractivity contribution in [3.05, 3.63) is 82.5 Å². The van der Waals surface area contributed by atoms with E-state index in [0.29, 0.717) is 50.6 Å². The number of rotatable bonds is 7. The van der Waals surface area contributed by atoms with E-state index in [1.54, 1.807) is 58.6 Å². The van der Waals surface area contributed by atoms with Gasteiger partial charge in [0.25, 0.3) is 11.7 Å². The van der Waals surface area contributed by atoms with E-state index in [2.05, 4.69) is 29.1 Å². The van der Waals surface area contributed by atoms with E-state index in [4.69, 9.17) is 23.9 Å². The summed E-state index contributed by atoms with van der Waals surface area (Å²) in [5.74, 6) is -7.86. The Balaban J connectivity index is 1.18. The van der Waals surface area contributed by atoms with Crippen LogP contribution in [-0.2, 0) is 28.6 Å². The summed E-state index contributed by atoms with van der Waals surface area (Å²) in [5.41, 5.74) is -0.238. The van der Waals surface area contributed by atoms with E-state index >= 15 is 0 Å². The molecule has 1 spiro atoms. The van der Waals surface area contributed by atoms with Crippen LogP contribution in [0, 0.1) is 36.5 Å². The Hall–Kier alpha value is -6.08. The number of aromatic nitrogens is 1. The molecule has 9 atom stereocenters. The zero-order valence-corrected chi connectivity index (χ0v) is 42.9. The Morgan fingerprint density at radius 2 is 1.61 bits per heavy atom. The van der Waals surface area contributed by atoms with Gasteiger partial charge >= 0.3 is 11.8 Å². The van der Waals surface area contributed by atoms with Gasteiger partial charge in [-0.3, -0.25) is 24.2 Å². The molecule has 388 valence electrons. The zero-order valence-electron chi connectivity index (χ0n) is 42.9. The Bertz CT molecular complexity index is 2830. The molecule has 2 aromatic carbocycles. The molecular weight excluding hydrogens is 925 g/mol. The molecular formula is C54H70N6O12. The minimum atomic E-state index is -2.01. The van der Waals surface area contributed by atoms with E-state index in [1.807, 2.05) is 29.1 Å². The number of piperidine rings is 1. The van der Waals surface area contributed by atoms with Crippen LogP contribution in [0.15, 0.2) is 70.7 Å². The Kier molecular flexibility index (Phi) is 14.8. The highest BCUT2D eigenvalue weighted by Gasteiger charge is 2.51. The van der Waals surface area contributed by atoms with Crippen LogP contribution in [0.25, 0.3) is 10.8 Å². The number of anilines is 1. The second-order valence-electron chi connectivity index (χ2n) is 21.1. The Morgan fingerprint density at radius 1 is 0.931 bits per heavy atom. The molecule has 1 aromatic heterocycles. The SMILES string of the molecule is CO[C@H]1/C=C/O[C@@]2(C)Oc3c(C)c(O)c4c(O)c(c5c(c4c3C2=O)NC2(CCN(CC(C)C)CC2)N=5)=NC(=O)/C(C)=C\C=C\[C@H](C)[C@H](O)[C@@H](C)[C@@H](O)[C@@H](C)[C@H](OC(=O)CC(=O)N2CC(n3cccc3)C2)[C@@H]1C. The molecule has 18 nitrogen and oxygen atoms in total. The molecule has 0 radical (unpaired) electrons. The molecule has 5 bridgehead atoms. The smallest absolute Gasteiger partial charge is 0.315 e. The fourth-order valence-corrected chi connectivity index (χ4v) is 10.9. The van der Waals surface area contributed by atoms with Crippen molar-refractivity contribution in [2.24, 2.45) is 39.6 Å². The van der Waals surface area contributed by atoms with Gasteiger partial charge in [-0.2, -0.15) is 0 Å². The number of aliphatic hydroxyl groups excluding tert-OH is 2. The number of phenolic OH excluding ortho intramolecular Hbond substituents is 2. The van der Waals surface area contributed by atoms with Crippen LogP contribution < -0.4 is 20.8 Å². The van der Waals surface area contributed by atoms with Crippen molar-refractivity contribution in [1.82, 2.24) is 14.4 Å². The Labute approximate surface area is 419 Å². The molecule has 6 aliphatic heterocycles. The van der Waals surface area contributed by atoms with Crippen molar-refractivity contribution < 1.29 is 58.6 Å². The van der Waals surface area contributed by atoms with Gasteiger partial charge in [0.1, 0.15) is 40.4 Å². The number of amides is 2. The summed E-state index contributed by atoms with van der Waals surface area (Å²) < 4.78 is 26.6. The minimum Gasteiger partial charge on any atom is -0.507 e. The van der Waals surface area contributed by atoms with E-state index < -0.39 is 101 Å². The highest BCUT2D eigenvalue weighted by atomic mass is 16.7. The van der Waals surface area contributed by atoms with Gasteiger partial charge in [0, 0.05) is 112 Å². The van der Waals surface area contributed by atoms with E-state index in [0.717, 1.165) is 6.54 Å². The monoisotopic (exact) mass is 995 g/mol. The predicted octanol–water partition coefficient (Wildman–Crippen LogP) is 5.00. The molecule has 3 aromatic rings. The summed E-state index contributed by atoms with van der Waals surface area (Å²) in [6.45, 7) is 18.9. The van der Waals surface area contributed by atoms with Gasteiger partial charge in [0.05, 0.1) is 47.3 Å². The van der Waals surface area contributed by atoms with Crippen molar-refractivity contribution in [2.45, 2.75) is 123 Å². The second kappa shape index (κ2) is 20.4. The molecule has 9 rings (SSSR count). The number of benzene rings is 2. The number of fused-ring (bicyclic) bond motifs is 13. The number of carbonyl (C=O) groups is 4. The first-order valence-corrected chi connectivity index (χ1v) is 25.1. The number of nitrogens with zero attached hydrogens (tertiary/aromatic N) is 5. The van der Waals surface area contributed by atoms with E-state index in [1.165, 1.54) is 32.4 Å². The zero-order chi connectivity index (χ0) is 52.1. The van der Waals surface area contributed by atoms with Crippen LogP contribution >= 0.6 is 0 Å². The van der Waals surface area contributed by atoms with Gasteiger partial charge in [-0.25, -0.2) is 4.99 Å². The third-order valence-corrected chi connectivity index (χ3v) is 15.4. The summed E-state index contributed by atoms with van der Waals surface area (Å²) >= 11 is 0. The van der Waals surface area contributed by atoms with Crippen LogP contribution in [0.4, 0.5) is 5.69 Å². The number of carbonyl (C=O) groups excluding carboxylic acids is 4. The quantitative estimate of drug-likeness (QED) is 0.119. The van der Waals surface area contributed by atoms with Gasteiger partial charge in [-0.1, -0.05) is 59.8 Å². The van der Waals surface area contributed by atoms with Crippen LogP contribution in [0.3, 0.4) is 0 Å². The lowest BCUT2D eigenvalue weighted by molar-refractivity contribution is -0.166. The minimum absolute atomic E-state index is 0.0261. The molecule has 2 fully saturated rings. The van der Waals surface area contributed by atoms with Crippen LogP contribution in [0.5, 0.6) is 17.2 Å². The molecule has 6 aliphatic rings. The van der Waals surface area contributed by atoms with Gasteiger partial charge in [0.2, 0.25) is 5.91 Å². The third kappa shape index (κ3) is 9.77. The van der Waals surface area contributed by atoms with Gasteiger partial charge in [-0.15, -0.1) is 0 Å². The number of esters is 1. The summed E-state index contributed by atoms with van der Waals surface area (Å²) in [6, 6.07) is 3.92. The number of aromatic hydroxyl groups is 2. The maximum atomic E-state index is 14.9. The van der Waals surface area contributed by atoms with Crippen LogP contribution in [-0.4, -0.2) is 134 Å². The number of allylic oxidation sites excluding steroid dienone is 2. The van der Waals surface area contributed by atoms with Crippen molar-refractivity contribution in [1.29, 1.82) is 0 Å². The second-order valence-corrected chi connectivity index (χ2v) is 21.1. The average Bonchev–Trinajstić information content (AvgIpc) is 4.05. The lowest BCUT2D eigenvalue weighted by Gasteiger charge is -2.40. The first-order valence-electron chi connectivity index (χ1n) is 25.1. The lowest BCUT2D eigenvalue weighted by atomic mass is 9.78. The standard InChI is InChI=1S/C54H70N6O12/c1-28(2)25-58-21-17-54(18-22-58)56-42-39-40-47(65)34(8)50-41(39)51(67)53(9,72-50)70-23-16-36(69-10)31(5)49(71-38(62)24-37(61)60-26-35(27-60)59-19-11-12-20-59)33(7)46(64)32(6)45(63)29(3)14-13-15-30(4)52(68)55-44(48(40)66)43(42)57-54/h11-16,19-20,23,28-29,31-33,35-36,45-46,49,56,63-66H,17-18,21-22,24-27H2,1-10H3/b14-13+,23-16+,30-15-,55-44?/t29-,31+,32+,33+,36-,45-,46+,49+,53-/m0/s1.